The van der Waals surface area contributed by atoms with Crippen LogP contribution in [0.2, 0.25) is 0 Å². The number of hydrogen-bond donors (Lipinski definition) is 1. The first-order valence-electron chi connectivity index (χ1n) is 10.8. The van der Waals surface area contributed by atoms with Crippen LogP contribution in [0, 0.1) is 28.6 Å². The molecule has 144 valence electrons. The summed E-state index contributed by atoms with van der Waals surface area (Å²) in [4.78, 5) is 0. The minimum Gasteiger partial charge on any atom is -0.498 e. The van der Waals surface area contributed by atoms with Gasteiger partial charge in [0, 0.05) is 17.5 Å². The van der Waals surface area contributed by atoms with Gasteiger partial charge in [-0.15, -0.1) is 0 Å². The Morgan fingerprint density at radius 1 is 1.12 bits per heavy atom. The largest absolute Gasteiger partial charge is 0.498 e. The zero-order valence-electron chi connectivity index (χ0n) is 17.1. The molecular weight excluding hydrogens is 320 g/mol. The molecule has 4 aliphatic carbocycles. The van der Waals surface area contributed by atoms with Crippen LogP contribution in [0.15, 0.2) is 28.1 Å². The lowest BCUT2D eigenvalue weighted by molar-refractivity contribution is -0.00486. The number of hydrogen-bond acceptors (Lipinski definition) is 3. The molecule has 26 heavy (non-hydrogen) atoms. The molecule has 2 N–H and O–H groups in total. The van der Waals surface area contributed by atoms with Crippen molar-refractivity contribution < 1.29 is 4.74 Å². The fourth-order valence-electron chi connectivity index (χ4n) is 7.20. The van der Waals surface area contributed by atoms with Crippen LogP contribution in [0.4, 0.5) is 0 Å². The number of hydrazone groups is 1. The predicted octanol–water partition coefficient (Wildman–Crippen LogP) is 5.57. The lowest BCUT2D eigenvalue weighted by Crippen LogP contribution is -2.50. The number of allylic oxidation sites excluding steroid dienone is 4. The van der Waals surface area contributed by atoms with E-state index in [1.165, 1.54) is 50.0 Å². The molecule has 2 fully saturated rings. The summed E-state index contributed by atoms with van der Waals surface area (Å²) in [6.07, 6.45) is 12.2. The van der Waals surface area contributed by atoms with Gasteiger partial charge in [-0.2, -0.15) is 5.10 Å². The van der Waals surface area contributed by atoms with Crippen LogP contribution in [-0.2, 0) is 4.74 Å². The number of rotatable bonds is 3. The molecule has 0 radical (unpaired) electrons. The fourth-order valence-corrected chi connectivity index (χ4v) is 7.20. The molecule has 0 spiro atoms. The van der Waals surface area contributed by atoms with Crippen molar-refractivity contribution in [2.24, 2.45) is 39.5 Å². The minimum absolute atomic E-state index is 0.254. The Labute approximate surface area is 159 Å². The average molecular weight is 357 g/mol. The van der Waals surface area contributed by atoms with Crippen molar-refractivity contribution >= 4 is 5.71 Å². The van der Waals surface area contributed by atoms with E-state index in [4.69, 9.17) is 10.6 Å². The van der Waals surface area contributed by atoms with E-state index in [2.05, 4.69) is 38.9 Å². The minimum atomic E-state index is 0.254. The van der Waals surface area contributed by atoms with Gasteiger partial charge in [-0.3, -0.25) is 0 Å². The molecule has 0 aromatic carbocycles. The molecule has 0 amide bonds. The number of fused-ring (bicyclic) bond motifs is 5. The molecule has 0 heterocycles. The lowest BCUT2D eigenvalue weighted by Gasteiger charge is -2.57. The molecule has 0 aromatic heterocycles. The summed E-state index contributed by atoms with van der Waals surface area (Å²) in [5.41, 5.74) is 5.20. The molecule has 3 nitrogen and oxygen atoms in total. The second-order valence-corrected chi connectivity index (χ2v) is 9.48. The van der Waals surface area contributed by atoms with E-state index < -0.39 is 0 Å². The van der Waals surface area contributed by atoms with Gasteiger partial charge >= 0.3 is 0 Å². The molecule has 3 heteroatoms. The van der Waals surface area contributed by atoms with Crippen molar-refractivity contribution in [2.45, 2.75) is 79.1 Å². The highest BCUT2D eigenvalue weighted by Crippen LogP contribution is 2.65. The fraction of sp³-hybridized carbons (Fsp3) is 0.783. The highest BCUT2D eigenvalue weighted by atomic mass is 16.5. The maximum atomic E-state index is 5.92. The van der Waals surface area contributed by atoms with Gasteiger partial charge in [0.25, 0.3) is 0 Å². The van der Waals surface area contributed by atoms with Crippen LogP contribution < -0.4 is 5.84 Å². The molecule has 4 rings (SSSR count). The Bertz CT molecular complexity index is 676. The zero-order valence-corrected chi connectivity index (χ0v) is 17.1. The molecule has 0 bridgehead atoms. The van der Waals surface area contributed by atoms with Gasteiger partial charge in [0.1, 0.15) is 0 Å². The van der Waals surface area contributed by atoms with Crippen molar-refractivity contribution in [3.8, 4) is 0 Å². The molecule has 2 saturated carbocycles. The quantitative estimate of drug-likeness (QED) is 0.530. The van der Waals surface area contributed by atoms with Gasteiger partial charge < -0.3 is 10.6 Å². The summed E-state index contributed by atoms with van der Waals surface area (Å²) < 4.78 is 5.92. The van der Waals surface area contributed by atoms with E-state index >= 15 is 0 Å². The van der Waals surface area contributed by atoms with E-state index in [1.807, 2.05) is 0 Å². The molecule has 0 aliphatic heterocycles. The first-order chi connectivity index (χ1) is 12.5. The van der Waals surface area contributed by atoms with E-state index in [-0.39, 0.29) is 5.41 Å². The van der Waals surface area contributed by atoms with E-state index in [9.17, 15) is 0 Å². The van der Waals surface area contributed by atoms with Gasteiger partial charge in [0.15, 0.2) is 0 Å². The topological polar surface area (TPSA) is 47.6 Å². The first kappa shape index (κ1) is 18.1. The summed E-state index contributed by atoms with van der Waals surface area (Å²) in [5.74, 6) is 9.37. The second kappa shape index (κ2) is 6.42. The Balaban J connectivity index is 1.75. The first-order valence-corrected chi connectivity index (χ1v) is 10.8. The van der Waals surface area contributed by atoms with Crippen LogP contribution in [0.3, 0.4) is 0 Å². The van der Waals surface area contributed by atoms with Crippen molar-refractivity contribution in [1.29, 1.82) is 0 Å². The summed E-state index contributed by atoms with van der Waals surface area (Å²) >= 11 is 0. The predicted molar refractivity (Wildman–Crippen MR) is 108 cm³/mol. The van der Waals surface area contributed by atoms with Crippen LogP contribution in [0.5, 0.6) is 0 Å². The number of ether oxygens (including phenoxy) is 1. The Hall–Kier alpha value is -1.25. The van der Waals surface area contributed by atoms with E-state index in [0.29, 0.717) is 5.41 Å². The summed E-state index contributed by atoms with van der Waals surface area (Å²) in [5, 5.41) is 4.23. The van der Waals surface area contributed by atoms with Gasteiger partial charge in [-0.1, -0.05) is 26.3 Å². The van der Waals surface area contributed by atoms with Crippen molar-refractivity contribution in [1.82, 2.24) is 0 Å². The Morgan fingerprint density at radius 2 is 1.88 bits per heavy atom. The second-order valence-electron chi connectivity index (χ2n) is 9.48. The molecule has 5 atom stereocenters. The number of nitrogens with two attached hydrogens (primary N) is 1. The summed E-state index contributed by atoms with van der Waals surface area (Å²) in [6, 6.07) is 0. The monoisotopic (exact) mass is 356 g/mol. The third-order valence-corrected chi connectivity index (χ3v) is 8.58. The van der Waals surface area contributed by atoms with Crippen molar-refractivity contribution in [3.63, 3.8) is 0 Å². The van der Waals surface area contributed by atoms with Crippen LogP contribution >= 0.6 is 0 Å². The van der Waals surface area contributed by atoms with Gasteiger partial charge in [0.2, 0.25) is 0 Å². The zero-order chi connectivity index (χ0) is 18.5. The maximum Gasteiger partial charge on any atom is 0.0962 e. The Morgan fingerprint density at radius 3 is 2.58 bits per heavy atom. The molecule has 4 aliphatic rings. The van der Waals surface area contributed by atoms with Crippen molar-refractivity contribution in [2.75, 3.05) is 6.61 Å². The van der Waals surface area contributed by atoms with Crippen molar-refractivity contribution in [3.05, 3.63) is 23.0 Å². The van der Waals surface area contributed by atoms with Crippen LogP contribution in [0.1, 0.15) is 79.1 Å². The van der Waals surface area contributed by atoms with Crippen LogP contribution in [-0.4, -0.2) is 12.3 Å². The third-order valence-electron chi connectivity index (χ3n) is 8.58. The highest BCUT2D eigenvalue weighted by molar-refractivity contribution is 5.92. The average Bonchev–Trinajstić information content (AvgIpc) is 2.98. The Kier molecular flexibility index (Phi) is 4.48. The summed E-state index contributed by atoms with van der Waals surface area (Å²) in [6.45, 7) is 10.2. The molecule has 5 unspecified atom stereocenters. The molecular formula is C23H36N2O. The van der Waals surface area contributed by atoms with Gasteiger partial charge in [-0.05, 0) is 86.7 Å². The lowest BCUT2D eigenvalue weighted by atomic mass is 9.47. The van der Waals surface area contributed by atoms with Gasteiger partial charge in [-0.25, -0.2) is 0 Å². The summed E-state index contributed by atoms with van der Waals surface area (Å²) in [7, 11) is 0. The van der Waals surface area contributed by atoms with Gasteiger partial charge in [0.05, 0.1) is 12.4 Å². The van der Waals surface area contributed by atoms with E-state index in [1.54, 1.807) is 11.1 Å². The number of nitrogens with zero attached hydrogens (tertiary/aromatic N) is 1. The maximum absolute atomic E-state index is 5.92. The normalized spacial score (nSPS) is 43.6. The standard InChI is InChI=1S/C23H36N2O/c1-5-15-13-17-18-7-8-21(25-24)23(18,4)12-10-19(17)22(3)11-9-16(26-6-2)14-20(15)22/h14,17-19H,5-13,24H2,1-4H3. The SMILES string of the molecule is CCOC1=CC2=C(CC)CC3C4CCC(=NN)C4(C)CCC3C2(C)CC1. The highest BCUT2D eigenvalue weighted by Gasteiger charge is 2.58. The van der Waals surface area contributed by atoms with Crippen LogP contribution in [0.25, 0.3) is 0 Å². The smallest absolute Gasteiger partial charge is 0.0962 e. The molecule has 0 saturated heterocycles. The molecule has 0 aromatic rings. The van der Waals surface area contributed by atoms with E-state index in [0.717, 1.165) is 37.2 Å². The third kappa shape index (κ3) is 2.42.